The van der Waals surface area contributed by atoms with Crippen molar-refractivity contribution in [3.63, 3.8) is 0 Å². The van der Waals surface area contributed by atoms with Crippen molar-refractivity contribution in [3.8, 4) is 0 Å². The predicted molar refractivity (Wildman–Crippen MR) is 63.1 cm³/mol. The smallest absolute Gasteiger partial charge is 0.219 e. The van der Waals surface area contributed by atoms with E-state index in [4.69, 9.17) is 0 Å². The van der Waals surface area contributed by atoms with Crippen LogP contribution in [0.1, 0.15) is 18.5 Å². The number of carbonyl (C=O) groups excluding carboxylic acids is 1. The Labute approximate surface area is 96.2 Å². The summed E-state index contributed by atoms with van der Waals surface area (Å²) < 4.78 is 1.88. The van der Waals surface area contributed by atoms with Crippen LogP contribution < -0.4 is 10.6 Å². The van der Waals surface area contributed by atoms with Crippen LogP contribution in [0, 0.1) is 0 Å². The van der Waals surface area contributed by atoms with Gasteiger partial charge in [0.2, 0.25) is 5.91 Å². The van der Waals surface area contributed by atoms with Gasteiger partial charge in [0.05, 0.1) is 0 Å². The van der Waals surface area contributed by atoms with Gasteiger partial charge in [-0.05, 0) is 19.0 Å². The molecule has 90 valence electrons. The largest absolute Gasteiger partial charge is 0.359 e. The molecule has 0 spiro atoms. The number of aromatic nitrogens is 2. The monoisotopic (exact) mass is 224 g/mol. The van der Waals surface area contributed by atoms with E-state index >= 15 is 0 Å². The summed E-state index contributed by atoms with van der Waals surface area (Å²) in [5.41, 5.74) is 1.22. The molecule has 0 saturated heterocycles. The highest BCUT2D eigenvalue weighted by atomic mass is 16.1. The summed E-state index contributed by atoms with van der Waals surface area (Å²) >= 11 is 0. The number of amides is 1. The van der Waals surface area contributed by atoms with Gasteiger partial charge in [-0.25, -0.2) is 0 Å². The maximum atomic E-state index is 10.9. The lowest BCUT2D eigenvalue weighted by Crippen LogP contribution is -2.22. The molecule has 0 aliphatic heterocycles. The summed E-state index contributed by atoms with van der Waals surface area (Å²) in [5.74, 6) is 0.105. The number of nitrogens with zero attached hydrogens (tertiary/aromatic N) is 2. The van der Waals surface area contributed by atoms with Crippen molar-refractivity contribution in [3.05, 3.63) is 18.0 Å². The summed E-state index contributed by atoms with van der Waals surface area (Å²) in [7, 11) is 3.61. The molecule has 0 aliphatic carbocycles. The van der Waals surface area contributed by atoms with Gasteiger partial charge in [-0.1, -0.05) is 0 Å². The van der Waals surface area contributed by atoms with Crippen LogP contribution in [0.2, 0.25) is 0 Å². The highest BCUT2D eigenvalue weighted by Gasteiger charge is 1.99. The molecule has 1 aromatic heterocycles. The van der Waals surface area contributed by atoms with Crippen LogP contribution >= 0.6 is 0 Å². The van der Waals surface area contributed by atoms with E-state index in [-0.39, 0.29) is 5.91 Å². The van der Waals surface area contributed by atoms with Gasteiger partial charge in [0, 0.05) is 45.4 Å². The fraction of sp³-hybridized carbons (Fsp3) is 0.636. The Hall–Kier alpha value is -1.36. The van der Waals surface area contributed by atoms with Crippen LogP contribution in [0.25, 0.3) is 0 Å². The van der Waals surface area contributed by atoms with Crippen molar-refractivity contribution < 1.29 is 4.79 Å². The lowest BCUT2D eigenvalue weighted by Gasteiger charge is -2.04. The molecular formula is C11H20N4O. The maximum Gasteiger partial charge on any atom is 0.219 e. The molecule has 1 heterocycles. The Bertz CT molecular complexity index is 322. The minimum absolute atomic E-state index is 0.105. The number of carbonyl (C=O) groups is 1. The second-order valence-electron chi connectivity index (χ2n) is 3.72. The van der Waals surface area contributed by atoms with Crippen LogP contribution in [-0.4, -0.2) is 35.8 Å². The van der Waals surface area contributed by atoms with Crippen LogP contribution in [0.3, 0.4) is 0 Å². The van der Waals surface area contributed by atoms with Gasteiger partial charge in [-0.15, -0.1) is 0 Å². The molecule has 0 aliphatic rings. The molecule has 5 nitrogen and oxygen atoms in total. The third-order valence-corrected chi connectivity index (χ3v) is 2.52. The zero-order valence-corrected chi connectivity index (χ0v) is 9.99. The van der Waals surface area contributed by atoms with Crippen molar-refractivity contribution in [1.29, 1.82) is 0 Å². The predicted octanol–water partition coefficient (Wildman–Crippen LogP) is 0.0784. The molecular weight excluding hydrogens is 204 g/mol. The molecule has 0 bridgehead atoms. The molecule has 0 radical (unpaired) electrons. The molecule has 1 aromatic rings. The van der Waals surface area contributed by atoms with Crippen molar-refractivity contribution in [2.75, 3.05) is 20.1 Å². The molecule has 5 heteroatoms. The molecule has 0 fully saturated rings. The summed E-state index contributed by atoms with van der Waals surface area (Å²) in [6.07, 6.45) is 4.25. The van der Waals surface area contributed by atoms with Crippen molar-refractivity contribution in [2.24, 2.45) is 7.05 Å². The molecule has 16 heavy (non-hydrogen) atoms. The number of nitrogens with one attached hydrogen (secondary N) is 2. The zero-order valence-electron chi connectivity index (χ0n) is 9.99. The van der Waals surface area contributed by atoms with Crippen LogP contribution in [0.4, 0.5) is 0 Å². The molecule has 0 aromatic carbocycles. The number of rotatable bonds is 7. The SMILES string of the molecule is CNC(=O)CCCNCCc1ccnn1C. The van der Waals surface area contributed by atoms with Gasteiger partial charge >= 0.3 is 0 Å². The Balaban J connectivity index is 2.00. The quantitative estimate of drug-likeness (QED) is 0.645. The summed E-state index contributed by atoms with van der Waals surface area (Å²) in [5, 5.41) is 10.0. The van der Waals surface area contributed by atoms with Crippen LogP contribution in [0.15, 0.2) is 12.3 Å². The van der Waals surface area contributed by atoms with Gasteiger partial charge in [-0.3, -0.25) is 9.48 Å². The lowest BCUT2D eigenvalue weighted by atomic mass is 10.2. The Morgan fingerprint density at radius 3 is 2.94 bits per heavy atom. The average molecular weight is 224 g/mol. The maximum absolute atomic E-state index is 10.9. The number of aryl methyl sites for hydroxylation is 1. The van der Waals surface area contributed by atoms with Gasteiger partial charge in [0.25, 0.3) is 0 Å². The van der Waals surface area contributed by atoms with E-state index in [1.165, 1.54) is 5.69 Å². The van der Waals surface area contributed by atoms with E-state index in [2.05, 4.69) is 15.7 Å². The summed E-state index contributed by atoms with van der Waals surface area (Å²) in [6.45, 7) is 1.80. The molecule has 1 rings (SSSR count). The van der Waals surface area contributed by atoms with Crippen LogP contribution in [-0.2, 0) is 18.3 Å². The van der Waals surface area contributed by atoms with Gasteiger partial charge in [0.1, 0.15) is 0 Å². The molecule has 0 unspecified atom stereocenters. The van der Waals surface area contributed by atoms with Crippen molar-refractivity contribution in [1.82, 2.24) is 20.4 Å². The zero-order chi connectivity index (χ0) is 11.8. The average Bonchev–Trinajstić information content (AvgIpc) is 2.69. The summed E-state index contributed by atoms with van der Waals surface area (Å²) in [4.78, 5) is 10.9. The van der Waals surface area contributed by atoms with E-state index in [1.54, 1.807) is 13.2 Å². The van der Waals surface area contributed by atoms with Gasteiger partial charge in [-0.2, -0.15) is 5.10 Å². The van der Waals surface area contributed by atoms with Gasteiger partial charge < -0.3 is 10.6 Å². The van der Waals surface area contributed by atoms with Gasteiger partial charge in [0.15, 0.2) is 0 Å². The molecule has 1 amide bonds. The van der Waals surface area contributed by atoms with E-state index in [9.17, 15) is 4.79 Å². The lowest BCUT2D eigenvalue weighted by molar-refractivity contribution is -0.120. The standard InChI is InChI=1S/C11H20N4O/c1-12-11(16)4-3-7-13-8-5-10-6-9-14-15(10)2/h6,9,13H,3-5,7-8H2,1-2H3,(H,12,16). The van der Waals surface area contributed by atoms with Crippen molar-refractivity contribution in [2.45, 2.75) is 19.3 Å². The minimum atomic E-state index is 0.105. The first-order valence-electron chi connectivity index (χ1n) is 5.62. The van der Waals surface area contributed by atoms with E-state index in [0.717, 1.165) is 25.9 Å². The van der Waals surface area contributed by atoms with E-state index < -0.39 is 0 Å². The normalized spacial score (nSPS) is 10.4. The Morgan fingerprint density at radius 1 is 1.50 bits per heavy atom. The fourth-order valence-corrected chi connectivity index (χ4v) is 1.49. The minimum Gasteiger partial charge on any atom is -0.359 e. The molecule has 0 atom stereocenters. The first kappa shape index (κ1) is 12.7. The Kier molecular flexibility index (Phi) is 5.56. The fourth-order valence-electron chi connectivity index (χ4n) is 1.49. The number of hydrogen-bond acceptors (Lipinski definition) is 3. The third-order valence-electron chi connectivity index (χ3n) is 2.52. The molecule has 2 N–H and O–H groups in total. The number of hydrogen-bond donors (Lipinski definition) is 2. The van der Waals surface area contributed by atoms with E-state index in [1.807, 2.05) is 17.8 Å². The first-order chi connectivity index (χ1) is 7.74. The van der Waals surface area contributed by atoms with Crippen molar-refractivity contribution >= 4 is 5.91 Å². The highest BCUT2D eigenvalue weighted by Crippen LogP contribution is 1.96. The third kappa shape index (κ3) is 4.44. The topological polar surface area (TPSA) is 59.0 Å². The Morgan fingerprint density at radius 2 is 2.31 bits per heavy atom. The second-order valence-corrected chi connectivity index (χ2v) is 3.72. The first-order valence-corrected chi connectivity index (χ1v) is 5.62. The van der Waals surface area contributed by atoms with Crippen LogP contribution in [0.5, 0.6) is 0 Å². The highest BCUT2D eigenvalue weighted by molar-refractivity contribution is 5.75. The summed E-state index contributed by atoms with van der Waals surface area (Å²) in [6, 6.07) is 2.02. The van der Waals surface area contributed by atoms with E-state index in [0.29, 0.717) is 6.42 Å². The second kappa shape index (κ2) is 7.00. The molecule has 0 saturated carbocycles.